The van der Waals surface area contributed by atoms with Gasteiger partial charge in [0.1, 0.15) is 17.7 Å². The summed E-state index contributed by atoms with van der Waals surface area (Å²) < 4.78 is 6.24. The number of benzene rings is 1. The second-order valence-corrected chi connectivity index (χ2v) is 11.9. The largest absolute Gasteiger partial charge is 0.458 e. The van der Waals surface area contributed by atoms with Crippen molar-refractivity contribution in [2.24, 2.45) is 34.6 Å². The van der Waals surface area contributed by atoms with Crippen LogP contribution in [-0.4, -0.2) is 46.5 Å². The summed E-state index contributed by atoms with van der Waals surface area (Å²) in [5.41, 5.74) is 13.1. The van der Waals surface area contributed by atoms with E-state index in [-0.39, 0.29) is 29.4 Å². The van der Waals surface area contributed by atoms with Gasteiger partial charge in [0.15, 0.2) is 0 Å². The van der Waals surface area contributed by atoms with Crippen molar-refractivity contribution in [3.05, 3.63) is 35.9 Å². The SMILES string of the molecule is N#C[C@@H]1C[C@@H]2C[C@@H]2N1C(=O)[C@@H](N)C12CC3CC(CC(OC(=O)[C@H](N)Cc4ccccc4)(C3)C1)C2. The number of ether oxygens (including phenoxy) is 1. The molecule has 7 heteroatoms. The average Bonchev–Trinajstić information content (AvgIpc) is 3.47. The minimum atomic E-state index is -0.713. The Kier molecular flexibility index (Phi) is 5.06. The van der Waals surface area contributed by atoms with Crippen LogP contribution in [0.5, 0.6) is 0 Å². The van der Waals surface area contributed by atoms with Crippen molar-refractivity contribution in [3.8, 4) is 6.07 Å². The van der Waals surface area contributed by atoms with E-state index in [1.54, 1.807) is 4.90 Å². The van der Waals surface area contributed by atoms with E-state index in [9.17, 15) is 14.9 Å². The fourth-order valence-corrected chi connectivity index (χ4v) is 8.28. The Morgan fingerprint density at radius 3 is 2.47 bits per heavy atom. The summed E-state index contributed by atoms with van der Waals surface area (Å²) in [6, 6.07) is 10.6. The summed E-state index contributed by atoms with van der Waals surface area (Å²) in [4.78, 5) is 28.5. The lowest BCUT2D eigenvalue weighted by atomic mass is 9.46. The van der Waals surface area contributed by atoms with E-state index in [4.69, 9.17) is 16.2 Å². The second kappa shape index (κ2) is 7.79. The number of nitrogens with two attached hydrogens (primary N) is 2. The number of fused-ring (bicyclic) bond motifs is 1. The van der Waals surface area contributed by atoms with Crippen LogP contribution in [0.4, 0.5) is 0 Å². The van der Waals surface area contributed by atoms with Crippen molar-refractivity contribution in [2.75, 3.05) is 0 Å². The highest BCUT2D eigenvalue weighted by Crippen LogP contribution is 2.64. The van der Waals surface area contributed by atoms with Crippen molar-refractivity contribution in [1.82, 2.24) is 4.90 Å². The molecule has 7 nitrogen and oxygen atoms in total. The van der Waals surface area contributed by atoms with Crippen LogP contribution < -0.4 is 11.5 Å². The second-order valence-electron chi connectivity index (χ2n) is 11.9. The number of hydrogen-bond donors (Lipinski definition) is 2. The van der Waals surface area contributed by atoms with E-state index >= 15 is 0 Å². The van der Waals surface area contributed by atoms with Crippen LogP contribution in [0.1, 0.15) is 56.9 Å². The Bertz CT molecular complexity index is 1020. The fourth-order valence-electron chi connectivity index (χ4n) is 8.28. The summed E-state index contributed by atoms with van der Waals surface area (Å²) in [5.74, 6) is 0.872. The van der Waals surface area contributed by atoms with Gasteiger partial charge < -0.3 is 21.1 Å². The van der Waals surface area contributed by atoms with Gasteiger partial charge in [-0.2, -0.15) is 5.26 Å². The minimum Gasteiger partial charge on any atom is -0.458 e. The lowest BCUT2D eigenvalue weighted by molar-refractivity contribution is -0.207. The van der Waals surface area contributed by atoms with Crippen LogP contribution in [0.2, 0.25) is 0 Å². The maximum atomic E-state index is 13.6. The molecule has 1 aliphatic heterocycles. The highest BCUT2D eigenvalue weighted by molar-refractivity contribution is 5.84. The molecule has 0 aromatic heterocycles. The average molecular weight is 463 g/mol. The van der Waals surface area contributed by atoms with Crippen molar-refractivity contribution in [3.63, 3.8) is 0 Å². The van der Waals surface area contributed by atoms with Gasteiger partial charge in [-0.05, 0) is 86.5 Å². The number of hydrogen-bond acceptors (Lipinski definition) is 6. The number of rotatable bonds is 6. The summed E-state index contributed by atoms with van der Waals surface area (Å²) in [6.45, 7) is 0. The predicted molar refractivity (Wildman–Crippen MR) is 125 cm³/mol. The van der Waals surface area contributed by atoms with Gasteiger partial charge in [0.05, 0.1) is 12.1 Å². The van der Waals surface area contributed by atoms with Gasteiger partial charge in [-0.3, -0.25) is 9.59 Å². The highest BCUT2D eigenvalue weighted by atomic mass is 16.6. The Morgan fingerprint density at radius 1 is 1.09 bits per heavy atom. The zero-order chi connectivity index (χ0) is 23.7. The Hall–Kier alpha value is -2.43. The molecule has 5 aliphatic carbocycles. The number of nitrogens with zero attached hydrogens (tertiary/aromatic N) is 2. The molecule has 4 N–H and O–H groups in total. The number of esters is 1. The lowest BCUT2D eigenvalue weighted by Gasteiger charge is -2.62. The van der Waals surface area contributed by atoms with E-state index in [1.165, 1.54) is 0 Å². The lowest BCUT2D eigenvalue weighted by Crippen LogP contribution is -2.66. The number of nitriles is 1. The molecule has 6 aliphatic rings. The molecular weight excluding hydrogens is 428 g/mol. The van der Waals surface area contributed by atoms with Gasteiger partial charge in [-0.1, -0.05) is 30.3 Å². The number of amides is 1. The van der Waals surface area contributed by atoms with Crippen LogP contribution in [0, 0.1) is 34.5 Å². The molecule has 1 amide bonds. The summed E-state index contributed by atoms with van der Waals surface area (Å²) in [7, 11) is 0. The van der Waals surface area contributed by atoms with E-state index in [1.807, 2.05) is 30.3 Å². The third kappa shape index (κ3) is 3.54. The molecule has 1 aromatic rings. The number of likely N-dealkylation sites (tertiary alicyclic amines) is 1. The molecule has 6 fully saturated rings. The normalized spacial score (nSPS) is 40.9. The molecule has 7 rings (SSSR count). The van der Waals surface area contributed by atoms with Gasteiger partial charge in [0.25, 0.3) is 0 Å². The van der Waals surface area contributed by atoms with Crippen LogP contribution in [0.25, 0.3) is 0 Å². The molecule has 1 heterocycles. The molecule has 1 aromatic carbocycles. The molecule has 34 heavy (non-hydrogen) atoms. The maximum absolute atomic E-state index is 13.6. The molecular formula is C27H34N4O3. The third-order valence-corrected chi connectivity index (χ3v) is 9.40. The first-order valence-corrected chi connectivity index (χ1v) is 12.8. The van der Waals surface area contributed by atoms with Gasteiger partial charge in [-0.15, -0.1) is 0 Å². The van der Waals surface area contributed by atoms with E-state index < -0.39 is 17.7 Å². The Balaban J connectivity index is 1.20. The molecule has 1 saturated heterocycles. The molecule has 7 atom stereocenters. The molecule has 2 unspecified atom stereocenters. The van der Waals surface area contributed by atoms with E-state index in [2.05, 4.69) is 6.07 Å². The van der Waals surface area contributed by atoms with E-state index in [0.717, 1.165) is 50.5 Å². The van der Waals surface area contributed by atoms with Crippen LogP contribution in [-0.2, 0) is 20.7 Å². The first-order valence-electron chi connectivity index (χ1n) is 12.8. The Labute approximate surface area is 200 Å². The molecule has 180 valence electrons. The van der Waals surface area contributed by atoms with Crippen molar-refractivity contribution < 1.29 is 14.3 Å². The molecule has 0 spiro atoms. The van der Waals surface area contributed by atoms with Gasteiger partial charge in [-0.25, -0.2) is 0 Å². The topological polar surface area (TPSA) is 122 Å². The number of carbonyl (C=O) groups is 2. The van der Waals surface area contributed by atoms with Gasteiger partial charge in [0, 0.05) is 6.04 Å². The number of carbonyl (C=O) groups excluding carboxylic acids is 2. The van der Waals surface area contributed by atoms with E-state index in [0.29, 0.717) is 30.6 Å². The van der Waals surface area contributed by atoms with Gasteiger partial charge in [0.2, 0.25) is 5.91 Å². The quantitative estimate of drug-likeness (QED) is 0.626. The van der Waals surface area contributed by atoms with Crippen LogP contribution >= 0.6 is 0 Å². The molecule has 0 radical (unpaired) electrons. The van der Waals surface area contributed by atoms with Crippen molar-refractivity contribution >= 4 is 11.9 Å². The first kappa shape index (κ1) is 22.1. The molecule has 5 saturated carbocycles. The fraction of sp³-hybridized carbons (Fsp3) is 0.667. The number of piperidine rings is 1. The predicted octanol–water partition coefficient (Wildman–Crippen LogP) is 2.28. The zero-order valence-electron chi connectivity index (χ0n) is 19.6. The maximum Gasteiger partial charge on any atom is 0.323 e. The minimum absolute atomic E-state index is 0.0687. The highest BCUT2D eigenvalue weighted by Gasteiger charge is 2.64. The third-order valence-electron chi connectivity index (χ3n) is 9.40. The summed E-state index contributed by atoms with van der Waals surface area (Å²) >= 11 is 0. The van der Waals surface area contributed by atoms with Crippen molar-refractivity contribution in [2.45, 2.75) is 87.6 Å². The Morgan fingerprint density at radius 2 is 1.79 bits per heavy atom. The first-order chi connectivity index (χ1) is 16.3. The monoisotopic (exact) mass is 462 g/mol. The van der Waals surface area contributed by atoms with Gasteiger partial charge >= 0.3 is 5.97 Å². The zero-order valence-corrected chi connectivity index (χ0v) is 19.6. The van der Waals surface area contributed by atoms with Crippen LogP contribution in [0.15, 0.2) is 30.3 Å². The van der Waals surface area contributed by atoms with Crippen molar-refractivity contribution in [1.29, 1.82) is 5.26 Å². The smallest absolute Gasteiger partial charge is 0.323 e. The standard InChI is InChI=1S/C27H34N4O3/c28-14-20-8-19-9-22(19)31(20)24(32)23(30)26-10-17-6-18(11-26)13-27(12-17,15-26)34-25(33)21(29)7-16-4-2-1-3-5-16/h1-5,17-23H,6-13,15,29-30H2/t17?,18?,19-,20+,21-,22+,23-,26?,27?/m1/s1. The van der Waals surface area contributed by atoms with Crippen LogP contribution in [0.3, 0.4) is 0 Å². The molecule has 4 bridgehead atoms. The summed E-state index contributed by atoms with van der Waals surface area (Å²) in [6.07, 6.45) is 7.45. The summed E-state index contributed by atoms with van der Waals surface area (Å²) in [5, 5.41) is 9.58.